The molecular weight excluding hydrogens is 312 g/mol. The Morgan fingerprint density at radius 1 is 1.04 bits per heavy atom. The normalized spacial score (nSPS) is 38.6. The second kappa shape index (κ2) is 5.09. The van der Waals surface area contributed by atoms with Gasteiger partial charge in [0.05, 0.1) is 11.4 Å². The molecule has 0 radical (unpaired) electrons. The molecule has 1 amide bonds. The number of nitrogens with zero attached hydrogens (tertiary/aromatic N) is 4. The van der Waals surface area contributed by atoms with Crippen LogP contribution in [0.1, 0.15) is 61.9 Å². The molecule has 2 bridgehead atoms. The molecule has 3 saturated heterocycles. The minimum Gasteiger partial charge on any atom is -0.318 e. The highest BCUT2D eigenvalue weighted by atomic mass is 16.2. The van der Waals surface area contributed by atoms with Crippen molar-refractivity contribution >= 4 is 6.03 Å². The Bertz CT molecular complexity index is 732. The Kier molecular flexibility index (Phi) is 3.01. The molecule has 1 aromatic rings. The van der Waals surface area contributed by atoms with Crippen molar-refractivity contribution < 1.29 is 4.79 Å². The molecule has 5 heteroatoms. The van der Waals surface area contributed by atoms with E-state index in [9.17, 15) is 4.79 Å². The first-order chi connectivity index (χ1) is 12.3. The average Bonchev–Trinajstić information content (AvgIpc) is 2.91. The van der Waals surface area contributed by atoms with E-state index >= 15 is 0 Å². The van der Waals surface area contributed by atoms with Gasteiger partial charge in [-0.1, -0.05) is 6.42 Å². The van der Waals surface area contributed by atoms with Crippen LogP contribution in [0.25, 0.3) is 0 Å². The van der Waals surface area contributed by atoms with E-state index in [1.807, 2.05) is 4.68 Å². The van der Waals surface area contributed by atoms with Gasteiger partial charge in [0.25, 0.3) is 0 Å². The van der Waals surface area contributed by atoms with Crippen LogP contribution in [0.2, 0.25) is 0 Å². The lowest BCUT2D eigenvalue weighted by Crippen LogP contribution is -2.44. The molecule has 4 heterocycles. The van der Waals surface area contributed by atoms with Crippen LogP contribution in [0.15, 0.2) is 0 Å². The smallest absolute Gasteiger partial charge is 0.318 e. The Morgan fingerprint density at radius 3 is 2.68 bits per heavy atom. The zero-order chi connectivity index (χ0) is 16.6. The molecule has 2 saturated carbocycles. The summed E-state index contributed by atoms with van der Waals surface area (Å²) in [7, 11) is 0. The van der Waals surface area contributed by atoms with E-state index in [2.05, 4.69) is 9.80 Å². The highest BCUT2D eigenvalue weighted by Crippen LogP contribution is 2.65. The van der Waals surface area contributed by atoms with E-state index in [0.717, 1.165) is 57.8 Å². The van der Waals surface area contributed by atoms with Gasteiger partial charge in [0, 0.05) is 37.6 Å². The zero-order valence-corrected chi connectivity index (χ0v) is 15.0. The molecule has 7 rings (SSSR count). The molecule has 0 spiro atoms. The van der Waals surface area contributed by atoms with Gasteiger partial charge in [-0.05, 0) is 62.8 Å². The summed E-state index contributed by atoms with van der Waals surface area (Å²) >= 11 is 0. The Morgan fingerprint density at radius 2 is 1.92 bits per heavy atom. The third-order valence-electron chi connectivity index (χ3n) is 7.89. The molecule has 5 nitrogen and oxygen atoms in total. The number of carbonyl (C=O) groups is 1. The van der Waals surface area contributed by atoms with Crippen molar-refractivity contribution in [3.63, 3.8) is 0 Å². The molecule has 3 aliphatic heterocycles. The van der Waals surface area contributed by atoms with Crippen LogP contribution in [0.3, 0.4) is 0 Å². The lowest BCUT2D eigenvalue weighted by atomic mass is 9.95. The fraction of sp³-hybridized carbons (Fsp3) is 0.800. The van der Waals surface area contributed by atoms with Crippen LogP contribution in [0.4, 0.5) is 4.79 Å². The van der Waals surface area contributed by atoms with E-state index < -0.39 is 0 Å². The number of carbonyl (C=O) groups excluding carboxylic acids is 1. The van der Waals surface area contributed by atoms with Gasteiger partial charge in [-0.3, -0.25) is 0 Å². The summed E-state index contributed by atoms with van der Waals surface area (Å²) < 4.78 is 1.86. The fourth-order valence-electron chi connectivity index (χ4n) is 6.39. The number of hydrogen-bond donors (Lipinski definition) is 0. The van der Waals surface area contributed by atoms with Crippen molar-refractivity contribution in [2.75, 3.05) is 26.2 Å². The monoisotopic (exact) mass is 340 g/mol. The second-order valence-corrected chi connectivity index (χ2v) is 9.04. The van der Waals surface area contributed by atoms with Crippen molar-refractivity contribution in [3.05, 3.63) is 17.0 Å². The van der Waals surface area contributed by atoms with Gasteiger partial charge >= 0.3 is 6.03 Å². The standard InChI is InChI=1S/C20H28N4O/c25-19(23-12-11-22-9-6-15(23)7-10-22)24-17-5-1-4-16(17)18(21-24)20-8-2-3-14(20)13-20/h14-15H,1-13H2/t14-,20-/m1/s1. The van der Waals surface area contributed by atoms with Gasteiger partial charge in [-0.15, -0.1) is 0 Å². The summed E-state index contributed by atoms with van der Waals surface area (Å²) in [6, 6.07) is 0.596. The first kappa shape index (κ1) is 14.8. The predicted octanol–water partition coefficient (Wildman–Crippen LogP) is 2.56. The van der Waals surface area contributed by atoms with Gasteiger partial charge in [0.15, 0.2) is 0 Å². The van der Waals surface area contributed by atoms with Crippen LogP contribution < -0.4 is 0 Å². The molecule has 25 heavy (non-hydrogen) atoms. The molecule has 6 aliphatic rings. The lowest BCUT2D eigenvalue weighted by molar-refractivity contribution is 0.168. The van der Waals surface area contributed by atoms with Crippen molar-refractivity contribution in [3.8, 4) is 0 Å². The van der Waals surface area contributed by atoms with Crippen LogP contribution in [-0.2, 0) is 18.3 Å². The summed E-state index contributed by atoms with van der Waals surface area (Å²) in [5, 5.41) is 5.03. The largest absolute Gasteiger partial charge is 0.345 e. The maximum Gasteiger partial charge on any atom is 0.345 e. The summed E-state index contributed by atoms with van der Waals surface area (Å²) in [5.74, 6) is 0.859. The topological polar surface area (TPSA) is 41.4 Å². The number of hydrogen-bond acceptors (Lipinski definition) is 3. The number of rotatable bonds is 1. The van der Waals surface area contributed by atoms with E-state index in [1.165, 1.54) is 49.1 Å². The van der Waals surface area contributed by atoms with E-state index in [-0.39, 0.29) is 6.03 Å². The van der Waals surface area contributed by atoms with Crippen molar-refractivity contribution in [1.82, 2.24) is 19.6 Å². The maximum atomic E-state index is 13.5. The molecule has 0 N–H and O–H groups in total. The summed E-state index contributed by atoms with van der Waals surface area (Å²) in [6.45, 7) is 4.22. The Hall–Kier alpha value is -1.36. The first-order valence-corrected chi connectivity index (χ1v) is 10.4. The van der Waals surface area contributed by atoms with Gasteiger partial charge < -0.3 is 9.80 Å². The van der Waals surface area contributed by atoms with Crippen LogP contribution in [-0.4, -0.2) is 57.8 Å². The van der Waals surface area contributed by atoms with Gasteiger partial charge in [-0.2, -0.15) is 9.78 Å². The molecule has 2 atom stereocenters. The van der Waals surface area contributed by atoms with E-state index in [0.29, 0.717) is 11.5 Å². The van der Waals surface area contributed by atoms with Crippen LogP contribution >= 0.6 is 0 Å². The SMILES string of the molecule is O=C(N1CCN2CCC1CC2)n1nc([C@@]23CCC[C@@H]2C3)c2c1CCC2. The Labute approximate surface area is 149 Å². The minimum atomic E-state index is 0.171. The highest BCUT2D eigenvalue weighted by molar-refractivity contribution is 5.78. The lowest BCUT2D eigenvalue weighted by Gasteiger charge is -2.31. The number of amides is 1. The van der Waals surface area contributed by atoms with Crippen molar-refractivity contribution in [2.45, 2.75) is 69.2 Å². The maximum absolute atomic E-state index is 13.5. The van der Waals surface area contributed by atoms with Crippen LogP contribution in [0.5, 0.6) is 0 Å². The molecule has 5 fully saturated rings. The average molecular weight is 340 g/mol. The quantitative estimate of drug-likeness (QED) is 0.789. The molecule has 3 aliphatic carbocycles. The summed E-state index contributed by atoms with van der Waals surface area (Å²) in [6.07, 6.45) is 11.0. The summed E-state index contributed by atoms with van der Waals surface area (Å²) in [4.78, 5) is 18.1. The van der Waals surface area contributed by atoms with Crippen LogP contribution in [0, 0.1) is 5.92 Å². The molecule has 134 valence electrons. The first-order valence-electron chi connectivity index (χ1n) is 10.4. The third-order valence-corrected chi connectivity index (χ3v) is 7.89. The van der Waals surface area contributed by atoms with E-state index in [4.69, 9.17) is 5.10 Å². The van der Waals surface area contributed by atoms with Crippen molar-refractivity contribution in [2.24, 2.45) is 5.92 Å². The third kappa shape index (κ3) is 1.99. The van der Waals surface area contributed by atoms with E-state index in [1.54, 1.807) is 0 Å². The zero-order valence-electron chi connectivity index (χ0n) is 15.0. The molecule has 1 aromatic heterocycles. The number of aromatic nitrogens is 2. The highest BCUT2D eigenvalue weighted by Gasteiger charge is 2.60. The summed E-state index contributed by atoms with van der Waals surface area (Å²) in [5.41, 5.74) is 4.41. The van der Waals surface area contributed by atoms with Gasteiger partial charge in [0.2, 0.25) is 0 Å². The van der Waals surface area contributed by atoms with Crippen molar-refractivity contribution in [1.29, 1.82) is 0 Å². The molecule has 0 aromatic carbocycles. The second-order valence-electron chi connectivity index (χ2n) is 9.04. The number of piperidine rings is 1. The molecule has 0 unspecified atom stereocenters. The minimum absolute atomic E-state index is 0.171. The molecular formula is C20H28N4O. The van der Waals surface area contributed by atoms with Gasteiger partial charge in [-0.25, -0.2) is 4.79 Å². The van der Waals surface area contributed by atoms with Gasteiger partial charge in [0.1, 0.15) is 0 Å². The Balaban J connectivity index is 1.37. The number of fused-ring (bicyclic) bond motifs is 6. The predicted molar refractivity (Wildman–Crippen MR) is 94.9 cm³/mol. The fourth-order valence-corrected chi connectivity index (χ4v) is 6.39.